The van der Waals surface area contributed by atoms with Gasteiger partial charge in [0.25, 0.3) is 0 Å². The first kappa shape index (κ1) is 17.0. The summed E-state index contributed by atoms with van der Waals surface area (Å²) < 4.78 is 0. The van der Waals surface area contributed by atoms with Gasteiger partial charge in [-0.05, 0) is 31.1 Å². The van der Waals surface area contributed by atoms with Crippen LogP contribution in [0, 0.1) is 17.8 Å². The zero-order valence-corrected chi connectivity index (χ0v) is 13.8. The predicted molar refractivity (Wildman–Crippen MR) is 81.2 cm³/mol. The van der Waals surface area contributed by atoms with Crippen molar-refractivity contribution in [2.24, 2.45) is 17.8 Å². The molecule has 1 aliphatic heterocycles. The van der Waals surface area contributed by atoms with Gasteiger partial charge in [-0.15, -0.1) is 0 Å². The van der Waals surface area contributed by atoms with E-state index in [1.807, 2.05) is 18.7 Å². The summed E-state index contributed by atoms with van der Waals surface area (Å²) in [5, 5.41) is 2.89. The van der Waals surface area contributed by atoms with Crippen LogP contribution in [-0.2, 0) is 9.59 Å². The van der Waals surface area contributed by atoms with Gasteiger partial charge >= 0.3 is 0 Å². The van der Waals surface area contributed by atoms with Crippen molar-refractivity contribution in [2.45, 2.75) is 59.9 Å². The standard InChI is InChI=1S/C16H30N2O2/c1-7-16(6)15(20)18(9-8-14(19)17-16)10-13(11(2)3)12(4)5/h11-13H,7-10H2,1-6H3,(H,17,19). The van der Waals surface area contributed by atoms with E-state index in [0.29, 0.717) is 37.1 Å². The summed E-state index contributed by atoms with van der Waals surface area (Å²) in [5.74, 6) is 1.58. The first-order chi connectivity index (χ1) is 9.21. The molecule has 116 valence electrons. The van der Waals surface area contributed by atoms with Crippen molar-refractivity contribution in [3.05, 3.63) is 0 Å². The van der Waals surface area contributed by atoms with Gasteiger partial charge in [0.1, 0.15) is 5.54 Å². The molecule has 0 saturated carbocycles. The Balaban J connectivity index is 2.92. The lowest BCUT2D eigenvalue weighted by atomic mass is 9.84. The minimum atomic E-state index is -0.744. The average molecular weight is 282 g/mol. The van der Waals surface area contributed by atoms with Gasteiger partial charge in [0.2, 0.25) is 11.8 Å². The fourth-order valence-corrected chi connectivity index (χ4v) is 2.97. The van der Waals surface area contributed by atoms with Crippen LogP contribution in [0.2, 0.25) is 0 Å². The normalized spacial score (nSPS) is 24.6. The molecular weight excluding hydrogens is 252 g/mol. The molecule has 1 N–H and O–H groups in total. The third kappa shape index (κ3) is 3.74. The van der Waals surface area contributed by atoms with E-state index in [9.17, 15) is 9.59 Å². The molecule has 4 heteroatoms. The SMILES string of the molecule is CCC1(C)NC(=O)CCN(CC(C(C)C)C(C)C)C1=O. The summed E-state index contributed by atoms with van der Waals surface area (Å²) in [7, 11) is 0. The van der Waals surface area contributed by atoms with Gasteiger partial charge in [-0.2, -0.15) is 0 Å². The minimum absolute atomic E-state index is 0.0177. The van der Waals surface area contributed by atoms with Gasteiger partial charge in [0, 0.05) is 19.5 Å². The second-order valence-corrected chi connectivity index (χ2v) is 6.89. The molecule has 1 aliphatic rings. The first-order valence-corrected chi connectivity index (χ1v) is 7.81. The topological polar surface area (TPSA) is 49.4 Å². The Morgan fingerprint density at radius 2 is 1.75 bits per heavy atom. The molecule has 1 unspecified atom stereocenters. The second-order valence-electron chi connectivity index (χ2n) is 6.89. The lowest BCUT2D eigenvalue weighted by molar-refractivity contribution is -0.139. The van der Waals surface area contributed by atoms with Gasteiger partial charge in [-0.1, -0.05) is 34.6 Å². The first-order valence-electron chi connectivity index (χ1n) is 7.81. The zero-order valence-electron chi connectivity index (χ0n) is 13.8. The van der Waals surface area contributed by atoms with Gasteiger partial charge < -0.3 is 10.2 Å². The van der Waals surface area contributed by atoms with Crippen molar-refractivity contribution in [3.8, 4) is 0 Å². The minimum Gasteiger partial charge on any atom is -0.342 e. The van der Waals surface area contributed by atoms with Crippen LogP contribution in [0.15, 0.2) is 0 Å². The van der Waals surface area contributed by atoms with Crippen LogP contribution in [-0.4, -0.2) is 35.3 Å². The van der Waals surface area contributed by atoms with Crippen LogP contribution < -0.4 is 5.32 Å². The second kappa shape index (κ2) is 6.59. The Morgan fingerprint density at radius 3 is 2.20 bits per heavy atom. The van der Waals surface area contributed by atoms with Gasteiger partial charge in [0.05, 0.1) is 0 Å². The number of nitrogens with zero attached hydrogens (tertiary/aromatic N) is 1. The average Bonchev–Trinajstić information content (AvgIpc) is 2.46. The van der Waals surface area contributed by atoms with E-state index in [2.05, 4.69) is 33.0 Å². The van der Waals surface area contributed by atoms with E-state index in [-0.39, 0.29) is 11.8 Å². The van der Waals surface area contributed by atoms with Crippen LogP contribution in [0.5, 0.6) is 0 Å². The zero-order chi connectivity index (χ0) is 15.5. The highest BCUT2D eigenvalue weighted by Crippen LogP contribution is 2.25. The van der Waals surface area contributed by atoms with E-state index < -0.39 is 5.54 Å². The maximum Gasteiger partial charge on any atom is 0.248 e. The van der Waals surface area contributed by atoms with Crippen LogP contribution >= 0.6 is 0 Å². The molecule has 0 radical (unpaired) electrons. The van der Waals surface area contributed by atoms with Gasteiger partial charge in [0.15, 0.2) is 0 Å². The molecule has 1 rings (SSSR count). The van der Waals surface area contributed by atoms with Crippen LogP contribution in [0.1, 0.15) is 54.4 Å². The summed E-state index contributed by atoms with van der Waals surface area (Å²) in [6.07, 6.45) is 1.03. The largest absolute Gasteiger partial charge is 0.342 e. The van der Waals surface area contributed by atoms with Crippen molar-refractivity contribution >= 4 is 11.8 Å². The van der Waals surface area contributed by atoms with Gasteiger partial charge in [-0.3, -0.25) is 9.59 Å². The number of nitrogens with one attached hydrogen (secondary N) is 1. The third-order valence-corrected chi connectivity index (χ3v) is 4.63. The maximum atomic E-state index is 12.7. The van der Waals surface area contributed by atoms with E-state index in [4.69, 9.17) is 0 Å². The molecule has 2 amide bonds. The Bertz CT molecular complexity index is 357. The number of rotatable bonds is 5. The molecule has 0 aromatic carbocycles. The van der Waals surface area contributed by atoms with Gasteiger partial charge in [-0.25, -0.2) is 0 Å². The van der Waals surface area contributed by atoms with Crippen LogP contribution in [0.4, 0.5) is 0 Å². The summed E-state index contributed by atoms with van der Waals surface area (Å²) in [4.78, 5) is 26.4. The van der Waals surface area contributed by atoms with Crippen molar-refractivity contribution < 1.29 is 9.59 Å². The Kier molecular flexibility index (Phi) is 5.60. The van der Waals surface area contributed by atoms with Crippen molar-refractivity contribution in [1.29, 1.82) is 0 Å². The fourth-order valence-electron chi connectivity index (χ4n) is 2.97. The predicted octanol–water partition coefficient (Wildman–Crippen LogP) is 2.43. The number of carbonyl (C=O) groups is 2. The van der Waals surface area contributed by atoms with Crippen molar-refractivity contribution in [1.82, 2.24) is 10.2 Å². The van der Waals surface area contributed by atoms with Crippen LogP contribution in [0.3, 0.4) is 0 Å². The lowest BCUT2D eigenvalue weighted by Gasteiger charge is -2.35. The Hall–Kier alpha value is -1.06. The van der Waals surface area contributed by atoms with Crippen molar-refractivity contribution in [2.75, 3.05) is 13.1 Å². The summed E-state index contributed by atoms with van der Waals surface area (Å²) in [6, 6.07) is 0. The molecule has 1 heterocycles. The fraction of sp³-hybridized carbons (Fsp3) is 0.875. The molecule has 1 atom stereocenters. The molecule has 0 spiro atoms. The summed E-state index contributed by atoms with van der Waals surface area (Å²) in [5.41, 5.74) is -0.744. The quantitative estimate of drug-likeness (QED) is 0.842. The molecule has 0 aromatic heterocycles. The smallest absolute Gasteiger partial charge is 0.248 e. The molecule has 0 aliphatic carbocycles. The molecule has 1 saturated heterocycles. The number of carbonyl (C=O) groups excluding carboxylic acids is 2. The van der Waals surface area contributed by atoms with E-state index >= 15 is 0 Å². The number of amides is 2. The molecule has 0 bridgehead atoms. The van der Waals surface area contributed by atoms with Crippen LogP contribution in [0.25, 0.3) is 0 Å². The molecular formula is C16H30N2O2. The maximum absolute atomic E-state index is 12.7. The third-order valence-electron chi connectivity index (χ3n) is 4.63. The summed E-state index contributed by atoms with van der Waals surface area (Å²) in [6.45, 7) is 13.9. The molecule has 4 nitrogen and oxygen atoms in total. The Morgan fingerprint density at radius 1 is 1.20 bits per heavy atom. The van der Waals surface area contributed by atoms with Crippen molar-refractivity contribution in [3.63, 3.8) is 0 Å². The monoisotopic (exact) mass is 282 g/mol. The highest BCUT2D eigenvalue weighted by Gasteiger charge is 2.40. The molecule has 20 heavy (non-hydrogen) atoms. The number of hydrogen-bond acceptors (Lipinski definition) is 2. The van der Waals surface area contributed by atoms with E-state index in [1.54, 1.807) is 0 Å². The number of hydrogen-bond donors (Lipinski definition) is 1. The van der Waals surface area contributed by atoms with E-state index in [1.165, 1.54) is 0 Å². The summed E-state index contributed by atoms with van der Waals surface area (Å²) >= 11 is 0. The highest BCUT2D eigenvalue weighted by atomic mass is 16.2. The van der Waals surface area contributed by atoms with E-state index in [0.717, 1.165) is 6.54 Å². The molecule has 0 aromatic rings. The highest BCUT2D eigenvalue weighted by molar-refractivity contribution is 5.93. The molecule has 1 fully saturated rings. The Labute approximate surface area is 123 Å². The lowest BCUT2D eigenvalue weighted by Crippen LogP contribution is -2.55.